The number of aromatic nitrogens is 1. The number of ketones is 1. The molecule has 6 nitrogen and oxygen atoms in total. The molecule has 1 amide bonds. The van der Waals surface area contributed by atoms with Gasteiger partial charge in [0.2, 0.25) is 5.88 Å². The van der Waals surface area contributed by atoms with Crippen LogP contribution in [0.3, 0.4) is 0 Å². The number of benzene rings is 2. The third-order valence-electron chi connectivity index (χ3n) is 4.44. The first-order valence-corrected chi connectivity index (χ1v) is 9.37. The number of Topliss-reactive ketones (excluding diaryl/α,β-unsaturated/α-hetero) is 1. The lowest BCUT2D eigenvalue weighted by Gasteiger charge is -2.18. The maximum atomic E-state index is 13.0. The van der Waals surface area contributed by atoms with Crippen molar-refractivity contribution >= 4 is 11.7 Å². The van der Waals surface area contributed by atoms with Gasteiger partial charge in [0.15, 0.2) is 5.78 Å². The van der Waals surface area contributed by atoms with E-state index in [-0.39, 0.29) is 17.0 Å². The fourth-order valence-electron chi connectivity index (χ4n) is 2.81. The van der Waals surface area contributed by atoms with Crippen LogP contribution < -0.4 is 14.8 Å². The van der Waals surface area contributed by atoms with E-state index in [0.29, 0.717) is 12.4 Å². The Morgan fingerprint density at radius 1 is 1.00 bits per heavy atom. The molecule has 1 aromatic heterocycles. The van der Waals surface area contributed by atoms with Gasteiger partial charge < -0.3 is 14.8 Å². The molecule has 0 bridgehead atoms. The van der Waals surface area contributed by atoms with Crippen LogP contribution in [0.4, 0.5) is 8.78 Å². The molecule has 0 aliphatic carbocycles. The van der Waals surface area contributed by atoms with Gasteiger partial charge in [-0.05, 0) is 35.9 Å². The number of pyridine rings is 1. The summed E-state index contributed by atoms with van der Waals surface area (Å²) >= 11 is 0. The second kappa shape index (κ2) is 10.3. The Hall–Kier alpha value is -3.81. The minimum absolute atomic E-state index is 0.224. The molecule has 1 heterocycles. The van der Waals surface area contributed by atoms with E-state index >= 15 is 0 Å². The van der Waals surface area contributed by atoms with Gasteiger partial charge in [0.25, 0.3) is 5.91 Å². The first-order valence-electron chi connectivity index (χ1n) is 9.37. The van der Waals surface area contributed by atoms with Crippen molar-refractivity contribution < 1.29 is 27.8 Å². The third kappa shape index (κ3) is 5.85. The molecule has 0 radical (unpaired) electrons. The van der Waals surface area contributed by atoms with Crippen LogP contribution in [0.25, 0.3) is 0 Å². The summed E-state index contributed by atoms with van der Waals surface area (Å²) in [6.07, 6.45) is -1.96. The second-order valence-electron chi connectivity index (χ2n) is 6.54. The van der Waals surface area contributed by atoms with Gasteiger partial charge in [-0.15, -0.1) is 0 Å². The van der Waals surface area contributed by atoms with Crippen molar-refractivity contribution in [2.75, 3.05) is 7.11 Å². The molecule has 31 heavy (non-hydrogen) atoms. The number of methoxy groups -OCH3 is 1. The second-order valence-corrected chi connectivity index (χ2v) is 6.54. The highest BCUT2D eigenvalue weighted by Crippen LogP contribution is 2.22. The Kier molecular flexibility index (Phi) is 7.26. The zero-order valence-corrected chi connectivity index (χ0v) is 16.6. The highest BCUT2D eigenvalue weighted by Gasteiger charge is 2.27. The number of alkyl halides is 2. The third-order valence-corrected chi connectivity index (χ3v) is 4.44. The Morgan fingerprint density at radius 3 is 2.29 bits per heavy atom. The van der Waals surface area contributed by atoms with E-state index in [9.17, 15) is 18.4 Å². The molecular formula is C23H20F2N2O4. The molecule has 0 saturated carbocycles. The molecule has 160 valence electrons. The minimum atomic E-state index is -3.25. The van der Waals surface area contributed by atoms with Crippen LogP contribution in [0.1, 0.15) is 27.5 Å². The Labute approximate surface area is 177 Å². The molecule has 8 heteroatoms. The molecule has 1 atom stereocenters. The number of halogens is 2. The van der Waals surface area contributed by atoms with Crippen molar-refractivity contribution in [3.8, 4) is 11.6 Å². The first kappa shape index (κ1) is 21.9. The summed E-state index contributed by atoms with van der Waals surface area (Å²) in [4.78, 5) is 28.6. The van der Waals surface area contributed by atoms with Gasteiger partial charge in [0.1, 0.15) is 18.4 Å². The van der Waals surface area contributed by atoms with E-state index in [4.69, 9.17) is 9.47 Å². The monoisotopic (exact) mass is 426 g/mol. The molecule has 2 aromatic carbocycles. The van der Waals surface area contributed by atoms with Crippen molar-refractivity contribution in [2.24, 2.45) is 0 Å². The van der Waals surface area contributed by atoms with Crippen molar-refractivity contribution in [2.45, 2.75) is 19.1 Å². The van der Waals surface area contributed by atoms with Gasteiger partial charge in [-0.2, -0.15) is 8.78 Å². The quantitative estimate of drug-likeness (QED) is 0.524. The van der Waals surface area contributed by atoms with Crippen LogP contribution in [0.5, 0.6) is 11.6 Å². The van der Waals surface area contributed by atoms with E-state index in [0.717, 1.165) is 5.56 Å². The number of ether oxygens (including phenoxy) is 2. The van der Waals surface area contributed by atoms with Gasteiger partial charge >= 0.3 is 6.43 Å². The summed E-state index contributed by atoms with van der Waals surface area (Å²) < 4.78 is 36.2. The average Bonchev–Trinajstić information content (AvgIpc) is 2.81. The van der Waals surface area contributed by atoms with E-state index in [1.165, 1.54) is 37.6 Å². The van der Waals surface area contributed by atoms with E-state index in [2.05, 4.69) is 10.3 Å². The maximum absolute atomic E-state index is 13.0. The number of amides is 1. The van der Waals surface area contributed by atoms with Gasteiger partial charge in [0.05, 0.1) is 7.11 Å². The predicted octanol–water partition coefficient (Wildman–Crippen LogP) is 3.97. The zero-order chi connectivity index (χ0) is 22.2. The standard InChI is InChI=1S/C23H20F2N2O4/c1-30-19-12-9-17(13-26-19)20(27-23(29)22(24)25)21(28)16-7-10-18(11-8-16)31-14-15-5-3-2-4-6-15/h2-13,20,22H,14H2,1H3,(H,27,29). The number of nitrogens with one attached hydrogen (secondary N) is 1. The summed E-state index contributed by atoms with van der Waals surface area (Å²) in [5, 5.41) is 2.08. The highest BCUT2D eigenvalue weighted by molar-refractivity contribution is 6.02. The fourth-order valence-corrected chi connectivity index (χ4v) is 2.81. The summed E-state index contributed by atoms with van der Waals surface area (Å²) in [7, 11) is 1.42. The number of hydrogen-bond acceptors (Lipinski definition) is 5. The minimum Gasteiger partial charge on any atom is -0.489 e. The molecule has 0 aliphatic rings. The Balaban J connectivity index is 1.76. The van der Waals surface area contributed by atoms with Crippen LogP contribution in [-0.2, 0) is 11.4 Å². The van der Waals surface area contributed by atoms with Crippen LogP contribution >= 0.6 is 0 Å². The normalized spacial score (nSPS) is 11.6. The van der Waals surface area contributed by atoms with Gasteiger partial charge in [0, 0.05) is 23.4 Å². The van der Waals surface area contributed by atoms with Crippen LogP contribution in [0.15, 0.2) is 72.9 Å². The van der Waals surface area contributed by atoms with E-state index in [1.54, 1.807) is 12.1 Å². The summed E-state index contributed by atoms with van der Waals surface area (Å²) in [6, 6.07) is 17.5. The molecule has 0 spiro atoms. The number of rotatable bonds is 9. The highest BCUT2D eigenvalue weighted by atomic mass is 19.3. The molecule has 3 rings (SSSR count). The van der Waals surface area contributed by atoms with E-state index < -0.39 is 24.2 Å². The molecule has 0 aliphatic heterocycles. The van der Waals surface area contributed by atoms with Gasteiger partial charge in [-0.25, -0.2) is 4.98 Å². The largest absolute Gasteiger partial charge is 0.489 e. The molecule has 0 fully saturated rings. The number of nitrogens with zero attached hydrogens (tertiary/aromatic N) is 1. The Bertz CT molecular complexity index is 1010. The summed E-state index contributed by atoms with van der Waals surface area (Å²) in [5.41, 5.74) is 1.47. The Morgan fingerprint density at radius 2 is 1.71 bits per heavy atom. The number of carbonyl (C=O) groups is 2. The molecule has 0 saturated heterocycles. The molecule has 1 N–H and O–H groups in total. The van der Waals surface area contributed by atoms with Gasteiger partial charge in [-0.3, -0.25) is 9.59 Å². The smallest absolute Gasteiger partial charge is 0.315 e. The SMILES string of the molecule is COc1ccc(C(NC(=O)C(F)F)C(=O)c2ccc(OCc3ccccc3)cc2)cn1. The predicted molar refractivity (Wildman–Crippen MR) is 109 cm³/mol. The van der Waals surface area contributed by atoms with Crippen LogP contribution in [0.2, 0.25) is 0 Å². The fraction of sp³-hybridized carbons (Fsp3) is 0.174. The summed E-state index contributed by atoms with van der Waals surface area (Å²) in [5.74, 6) is -1.28. The maximum Gasteiger partial charge on any atom is 0.315 e. The molecule has 1 unspecified atom stereocenters. The summed E-state index contributed by atoms with van der Waals surface area (Å²) in [6.45, 7) is 0.360. The lowest BCUT2D eigenvalue weighted by Crippen LogP contribution is -2.37. The molecular weight excluding hydrogens is 406 g/mol. The van der Waals surface area contributed by atoms with Crippen molar-refractivity contribution in [1.29, 1.82) is 0 Å². The number of hydrogen-bond donors (Lipinski definition) is 1. The average molecular weight is 426 g/mol. The van der Waals surface area contributed by atoms with E-state index in [1.807, 2.05) is 30.3 Å². The van der Waals surface area contributed by atoms with Crippen molar-refractivity contribution in [1.82, 2.24) is 10.3 Å². The van der Waals surface area contributed by atoms with Gasteiger partial charge in [-0.1, -0.05) is 30.3 Å². The topological polar surface area (TPSA) is 77.5 Å². The first-order chi connectivity index (χ1) is 15.0. The zero-order valence-electron chi connectivity index (χ0n) is 16.6. The van der Waals surface area contributed by atoms with Crippen LogP contribution in [-0.4, -0.2) is 30.2 Å². The van der Waals surface area contributed by atoms with Crippen LogP contribution in [0, 0.1) is 0 Å². The lowest BCUT2D eigenvalue weighted by atomic mass is 9.98. The van der Waals surface area contributed by atoms with Crippen molar-refractivity contribution in [3.05, 3.63) is 89.6 Å². The lowest BCUT2D eigenvalue weighted by molar-refractivity contribution is -0.132. The molecule has 3 aromatic rings. The van der Waals surface area contributed by atoms with Crippen molar-refractivity contribution in [3.63, 3.8) is 0 Å². The number of carbonyl (C=O) groups excluding carboxylic acids is 2.